The van der Waals surface area contributed by atoms with Crippen LogP contribution in [0.1, 0.15) is 24.8 Å². The van der Waals surface area contributed by atoms with Crippen molar-refractivity contribution in [3.63, 3.8) is 0 Å². The maximum Gasteiger partial charge on any atom is 0.312 e. The molecule has 0 aromatic heterocycles. The number of hydrogen-bond acceptors (Lipinski definition) is 4. The van der Waals surface area contributed by atoms with Crippen LogP contribution >= 0.6 is 0 Å². The Kier molecular flexibility index (Phi) is 4.87. The summed E-state index contributed by atoms with van der Waals surface area (Å²) >= 11 is 0. The second kappa shape index (κ2) is 6.91. The molecule has 1 aliphatic carbocycles. The molecule has 6 heteroatoms. The third-order valence-corrected chi connectivity index (χ3v) is 5.04. The lowest BCUT2D eigenvalue weighted by molar-refractivity contribution is -0.163. The van der Waals surface area contributed by atoms with Crippen LogP contribution in [0.3, 0.4) is 0 Å². The van der Waals surface area contributed by atoms with Crippen molar-refractivity contribution in [3.8, 4) is 0 Å². The Morgan fingerprint density at radius 3 is 2.54 bits per heavy atom. The summed E-state index contributed by atoms with van der Waals surface area (Å²) in [6, 6.07) is 9.70. The van der Waals surface area contributed by atoms with E-state index in [2.05, 4.69) is 5.32 Å². The lowest BCUT2D eigenvalue weighted by atomic mass is 9.71. The summed E-state index contributed by atoms with van der Waals surface area (Å²) < 4.78 is 0. The number of piperidine rings is 1. The number of rotatable bonds is 6. The van der Waals surface area contributed by atoms with Crippen LogP contribution in [0.4, 0.5) is 0 Å². The van der Waals surface area contributed by atoms with E-state index in [4.69, 9.17) is 0 Å². The summed E-state index contributed by atoms with van der Waals surface area (Å²) in [6.45, 7) is 0.917. The molecule has 3 N–H and O–H groups in total. The van der Waals surface area contributed by atoms with Crippen molar-refractivity contribution in [2.75, 3.05) is 19.6 Å². The number of aliphatic hydroxyl groups is 1. The van der Waals surface area contributed by atoms with Gasteiger partial charge in [0.05, 0.1) is 12.6 Å². The fourth-order valence-corrected chi connectivity index (χ4v) is 3.37. The molecule has 6 nitrogen and oxygen atoms in total. The molecule has 2 atom stereocenters. The zero-order chi connectivity index (χ0) is 17.2. The number of carboxylic acid groups (broad SMARTS) is 1. The number of carbonyl (C=O) groups is 2. The topological polar surface area (TPSA) is 89.9 Å². The molecule has 1 amide bonds. The molecule has 1 heterocycles. The second-order valence-corrected chi connectivity index (χ2v) is 6.97. The zero-order valence-electron chi connectivity index (χ0n) is 13.6. The average Bonchev–Trinajstić information content (AvgIpc) is 3.34. The number of carboxylic acids is 1. The van der Waals surface area contributed by atoms with Crippen LogP contribution in [0.25, 0.3) is 0 Å². The van der Waals surface area contributed by atoms with Gasteiger partial charge < -0.3 is 15.5 Å². The number of likely N-dealkylation sites (tertiary alicyclic amines) is 1. The quantitative estimate of drug-likeness (QED) is 0.711. The van der Waals surface area contributed by atoms with Crippen molar-refractivity contribution < 1.29 is 19.8 Å². The van der Waals surface area contributed by atoms with Crippen LogP contribution in [-0.2, 0) is 16.0 Å². The van der Waals surface area contributed by atoms with E-state index < -0.39 is 17.5 Å². The van der Waals surface area contributed by atoms with E-state index in [1.165, 1.54) is 0 Å². The molecule has 0 spiro atoms. The van der Waals surface area contributed by atoms with E-state index in [1.54, 1.807) is 0 Å². The Bertz CT molecular complexity index is 602. The third-order valence-electron chi connectivity index (χ3n) is 5.04. The fraction of sp³-hybridized carbons (Fsp3) is 0.556. The van der Waals surface area contributed by atoms with Gasteiger partial charge in [0.25, 0.3) is 0 Å². The number of hydrogen-bond donors (Lipinski definition) is 3. The Balaban J connectivity index is 1.64. The van der Waals surface area contributed by atoms with Gasteiger partial charge in [0.15, 0.2) is 0 Å². The molecule has 2 fully saturated rings. The summed E-state index contributed by atoms with van der Waals surface area (Å²) in [5, 5.41) is 23.3. The van der Waals surface area contributed by atoms with Crippen LogP contribution in [0.15, 0.2) is 30.3 Å². The van der Waals surface area contributed by atoms with Crippen LogP contribution in [0, 0.1) is 5.41 Å². The minimum absolute atomic E-state index is 0.0458. The number of benzene rings is 1. The lowest BCUT2D eigenvalue weighted by Crippen LogP contribution is -2.57. The van der Waals surface area contributed by atoms with E-state index in [0.717, 1.165) is 18.4 Å². The highest BCUT2D eigenvalue weighted by atomic mass is 16.4. The van der Waals surface area contributed by atoms with Gasteiger partial charge in [-0.25, -0.2) is 0 Å². The van der Waals surface area contributed by atoms with Crippen LogP contribution in [0.5, 0.6) is 0 Å². The Morgan fingerprint density at radius 2 is 1.96 bits per heavy atom. The van der Waals surface area contributed by atoms with Crippen molar-refractivity contribution in [2.24, 2.45) is 5.41 Å². The molecule has 24 heavy (non-hydrogen) atoms. The molecular formula is C18H24N2O4. The van der Waals surface area contributed by atoms with E-state index in [0.29, 0.717) is 25.4 Å². The summed E-state index contributed by atoms with van der Waals surface area (Å²) in [4.78, 5) is 25.7. The monoisotopic (exact) mass is 332 g/mol. The maximum atomic E-state index is 11.9. The Labute approximate surface area is 141 Å². The van der Waals surface area contributed by atoms with E-state index in [1.807, 2.05) is 35.2 Å². The molecule has 0 unspecified atom stereocenters. The molecule has 0 bridgehead atoms. The predicted octanol–water partition coefficient (Wildman–Crippen LogP) is 0.645. The molecule has 1 saturated heterocycles. The summed E-state index contributed by atoms with van der Waals surface area (Å²) in [6.07, 6.45) is 1.69. The van der Waals surface area contributed by atoms with Crippen LogP contribution in [0.2, 0.25) is 0 Å². The minimum Gasteiger partial charge on any atom is -0.481 e. The standard InChI is InChI=1S/C18H24N2O4/c21-15-11-20(12-16(22)19-14-6-7-14)9-8-18(15,17(23)24)10-13-4-2-1-3-5-13/h1-5,14-15,21H,6-12H2,(H,19,22)(H,23,24)/t15-,18+/m0/s1. The number of β-amino-alcohol motifs (C(OH)–C–C–N with tert-alkyl or cyclic N) is 1. The Morgan fingerprint density at radius 1 is 1.25 bits per heavy atom. The van der Waals surface area contributed by atoms with Crippen LogP contribution < -0.4 is 5.32 Å². The molecule has 1 aliphatic heterocycles. The molecule has 1 aromatic carbocycles. The number of nitrogens with one attached hydrogen (secondary N) is 1. The number of aliphatic hydroxyl groups excluding tert-OH is 1. The first kappa shape index (κ1) is 16.9. The van der Waals surface area contributed by atoms with Crippen molar-refractivity contribution in [1.29, 1.82) is 0 Å². The Hall–Kier alpha value is -1.92. The van der Waals surface area contributed by atoms with Gasteiger partial charge in [-0.3, -0.25) is 14.5 Å². The van der Waals surface area contributed by atoms with Crippen LogP contribution in [-0.4, -0.2) is 58.8 Å². The first-order chi connectivity index (χ1) is 11.5. The van der Waals surface area contributed by atoms with Gasteiger partial charge in [-0.05, 0) is 37.8 Å². The van der Waals surface area contributed by atoms with Crippen molar-refractivity contribution in [1.82, 2.24) is 10.2 Å². The first-order valence-electron chi connectivity index (χ1n) is 8.47. The van der Waals surface area contributed by atoms with Gasteiger partial charge in [-0.2, -0.15) is 0 Å². The minimum atomic E-state index is -1.19. The second-order valence-electron chi connectivity index (χ2n) is 6.97. The zero-order valence-corrected chi connectivity index (χ0v) is 13.6. The first-order valence-corrected chi connectivity index (χ1v) is 8.47. The van der Waals surface area contributed by atoms with Gasteiger partial charge >= 0.3 is 5.97 Å². The SMILES string of the molecule is O=C(CN1CC[C@](Cc2ccccc2)(C(=O)O)[C@@H](O)C1)NC1CC1. The normalized spacial score (nSPS) is 27.6. The number of nitrogens with zero attached hydrogens (tertiary/aromatic N) is 1. The summed E-state index contributed by atoms with van der Waals surface area (Å²) in [7, 11) is 0. The van der Waals surface area contributed by atoms with E-state index in [-0.39, 0.29) is 19.0 Å². The fourth-order valence-electron chi connectivity index (χ4n) is 3.37. The highest BCUT2D eigenvalue weighted by Gasteiger charge is 2.48. The molecule has 0 radical (unpaired) electrons. The molecule has 3 rings (SSSR count). The van der Waals surface area contributed by atoms with Gasteiger partial charge in [-0.1, -0.05) is 30.3 Å². The van der Waals surface area contributed by atoms with Gasteiger partial charge in [0.2, 0.25) is 5.91 Å². The molecule has 2 aliphatic rings. The van der Waals surface area contributed by atoms with Crippen molar-refractivity contribution in [3.05, 3.63) is 35.9 Å². The largest absolute Gasteiger partial charge is 0.481 e. The molecule has 130 valence electrons. The highest BCUT2D eigenvalue weighted by molar-refractivity contribution is 5.79. The van der Waals surface area contributed by atoms with Gasteiger partial charge in [0, 0.05) is 12.6 Å². The molecular weight excluding hydrogens is 308 g/mol. The van der Waals surface area contributed by atoms with Crippen molar-refractivity contribution >= 4 is 11.9 Å². The summed E-state index contributed by atoms with van der Waals surface area (Å²) in [5.74, 6) is -1.02. The highest BCUT2D eigenvalue weighted by Crippen LogP contribution is 2.36. The smallest absolute Gasteiger partial charge is 0.312 e. The number of aliphatic carboxylic acids is 1. The number of carbonyl (C=O) groups excluding carboxylic acids is 1. The number of amides is 1. The molecule has 1 saturated carbocycles. The van der Waals surface area contributed by atoms with E-state index >= 15 is 0 Å². The molecule has 1 aromatic rings. The average molecular weight is 332 g/mol. The van der Waals surface area contributed by atoms with Gasteiger partial charge in [0.1, 0.15) is 5.41 Å². The summed E-state index contributed by atoms with van der Waals surface area (Å²) in [5.41, 5.74) is -0.288. The maximum absolute atomic E-state index is 11.9. The predicted molar refractivity (Wildman–Crippen MR) is 88.4 cm³/mol. The van der Waals surface area contributed by atoms with Crippen molar-refractivity contribution in [2.45, 2.75) is 37.8 Å². The third kappa shape index (κ3) is 3.76. The lowest BCUT2D eigenvalue weighted by Gasteiger charge is -2.42. The van der Waals surface area contributed by atoms with Gasteiger partial charge in [-0.15, -0.1) is 0 Å². The van der Waals surface area contributed by atoms with E-state index in [9.17, 15) is 19.8 Å².